The average molecular weight is 255 g/mol. The van der Waals surface area contributed by atoms with E-state index in [2.05, 4.69) is 28.8 Å². The lowest BCUT2D eigenvalue weighted by atomic mass is 9.64. The summed E-state index contributed by atoms with van der Waals surface area (Å²) in [6.07, 6.45) is 2.60. The number of nitrogens with zero attached hydrogens (tertiary/aromatic N) is 2. The zero-order chi connectivity index (χ0) is 12.5. The van der Waals surface area contributed by atoms with Gasteiger partial charge in [0.05, 0.1) is 12.3 Å². The maximum absolute atomic E-state index is 11.8. The van der Waals surface area contributed by atoms with E-state index in [1.807, 2.05) is 6.92 Å². The summed E-state index contributed by atoms with van der Waals surface area (Å²) in [6.45, 7) is 6.94. The van der Waals surface area contributed by atoms with Gasteiger partial charge in [0.1, 0.15) is 4.88 Å². The van der Waals surface area contributed by atoms with Gasteiger partial charge < -0.3 is 10.1 Å². The molecule has 1 amide bonds. The highest BCUT2D eigenvalue weighted by molar-refractivity contribution is 7.07. The molecule has 0 spiro atoms. The Labute approximate surface area is 105 Å². The molecule has 0 aliphatic heterocycles. The van der Waals surface area contributed by atoms with Crippen LogP contribution in [0.2, 0.25) is 0 Å². The van der Waals surface area contributed by atoms with E-state index in [1.165, 1.54) is 6.20 Å². The maximum atomic E-state index is 11.8. The van der Waals surface area contributed by atoms with Crippen molar-refractivity contribution in [3.05, 3.63) is 11.1 Å². The lowest BCUT2D eigenvalue weighted by molar-refractivity contribution is -0.111. The van der Waals surface area contributed by atoms with Crippen LogP contribution in [-0.4, -0.2) is 34.2 Å². The number of hydrogen-bond donors (Lipinski definition) is 1. The Hall–Kier alpha value is -1.01. The normalized spacial score (nSPS) is 26.3. The van der Waals surface area contributed by atoms with Crippen LogP contribution in [0.3, 0.4) is 0 Å². The van der Waals surface area contributed by atoms with E-state index in [4.69, 9.17) is 4.74 Å². The van der Waals surface area contributed by atoms with Gasteiger partial charge in [0.25, 0.3) is 5.91 Å². The molecule has 0 aromatic carbocycles. The summed E-state index contributed by atoms with van der Waals surface area (Å²) in [7, 11) is 0. The molecule has 2 unspecified atom stereocenters. The molecule has 1 saturated carbocycles. The van der Waals surface area contributed by atoms with E-state index < -0.39 is 0 Å². The minimum absolute atomic E-state index is 0.0101. The molecule has 1 heterocycles. The van der Waals surface area contributed by atoms with Gasteiger partial charge in [0, 0.05) is 18.1 Å². The molecular formula is C11H17N3O2S. The maximum Gasteiger partial charge on any atom is 0.264 e. The van der Waals surface area contributed by atoms with Gasteiger partial charge in [-0.25, -0.2) is 0 Å². The molecule has 0 radical (unpaired) electrons. The van der Waals surface area contributed by atoms with Crippen molar-refractivity contribution in [1.29, 1.82) is 0 Å². The predicted octanol–water partition coefficient (Wildman–Crippen LogP) is 1.47. The van der Waals surface area contributed by atoms with Crippen molar-refractivity contribution in [3.8, 4) is 0 Å². The van der Waals surface area contributed by atoms with Crippen molar-refractivity contribution in [3.63, 3.8) is 0 Å². The van der Waals surface area contributed by atoms with Gasteiger partial charge >= 0.3 is 0 Å². The minimum atomic E-state index is -0.0898. The summed E-state index contributed by atoms with van der Waals surface area (Å²) in [4.78, 5) is 12.4. The topological polar surface area (TPSA) is 64.1 Å². The number of ether oxygens (including phenoxy) is 1. The molecule has 0 saturated heterocycles. The van der Waals surface area contributed by atoms with Gasteiger partial charge in [-0.3, -0.25) is 4.79 Å². The van der Waals surface area contributed by atoms with Crippen LogP contribution in [0.25, 0.3) is 0 Å². The Morgan fingerprint density at radius 2 is 2.47 bits per heavy atom. The third kappa shape index (κ3) is 2.32. The van der Waals surface area contributed by atoms with E-state index in [-0.39, 0.29) is 23.5 Å². The number of aromatic nitrogens is 2. The second kappa shape index (κ2) is 4.70. The number of rotatable bonds is 4. The molecule has 1 aliphatic carbocycles. The molecule has 5 nitrogen and oxygen atoms in total. The average Bonchev–Trinajstić information content (AvgIpc) is 2.81. The van der Waals surface area contributed by atoms with Gasteiger partial charge in [-0.1, -0.05) is 18.3 Å². The van der Waals surface area contributed by atoms with Crippen LogP contribution in [0.5, 0.6) is 0 Å². The van der Waals surface area contributed by atoms with Crippen LogP contribution in [0.15, 0.2) is 6.20 Å². The number of carbonyl (C=O) groups excluding carboxylic acids is 1. The minimum Gasteiger partial charge on any atom is -0.378 e. The van der Waals surface area contributed by atoms with E-state index in [0.717, 1.165) is 18.0 Å². The first kappa shape index (κ1) is 12.4. The fraction of sp³-hybridized carbons (Fsp3) is 0.727. The first-order chi connectivity index (χ1) is 8.05. The molecule has 1 fully saturated rings. The van der Waals surface area contributed by atoms with Crippen LogP contribution in [-0.2, 0) is 4.74 Å². The lowest BCUT2D eigenvalue weighted by Gasteiger charge is -2.51. The molecule has 1 N–H and O–H groups in total. The Bertz CT molecular complexity index is 391. The second-order valence-electron chi connectivity index (χ2n) is 4.81. The molecule has 2 atom stereocenters. The lowest BCUT2D eigenvalue weighted by Crippen LogP contribution is -2.62. The molecule has 6 heteroatoms. The molecule has 2 rings (SSSR count). The predicted molar refractivity (Wildman–Crippen MR) is 65.0 cm³/mol. The molecule has 94 valence electrons. The van der Waals surface area contributed by atoms with Gasteiger partial charge in [0.2, 0.25) is 0 Å². The first-order valence-electron chi connectivity index (χ1n) is 5.75. The van der Waals surface area contributed by atoms with Crippen molar-refractivity contribution in [1.82, 2.24) is 14.9 Å². The van der Waals surface area contributed by atoms with E-state index in [0.29, 0.717) is 11.5 Å². The number of amides is 1. The summed E-state index contributed by atoms with van der Waals surface area (Å²) < 4.78 is 9.30. The van der Waals surface area contributed by atoms with Crippen molar-refractivity contribution in [2.24, 2.45) is 5.41 Å². The summed E-state index contributed by atoms with van der Waals surface area (Å²) in [6, 6.07) is 0.161. The molecule has 1 aromatic heterocycles. The zero-order valence-corrected chi connectivity index (χ0v) is 11.1. The summed E-state index contributed by atoms with van der Waals surface area (Å²) in [5.74, 6) is -0.0898. The smallest absolute Gasteiger partial charge is 0.264 e. The van der Waals surface area contributed by atoms with Crippen LogP contribution in [0.1, 0.15) is 36.9 Å². The second-order valence-corrected chi connectivity index (χ2v) is 5.59. The fourth-order valence-electron chi connectivity index (χ4n) is 2.11. The van der Waals surface area contributed by atoms with Crippen LogP contribution in [0.4, 0.5) is 0 Å². The molecule has 1 aliphatic rings. The largest absolute Gasteiger partial charge is 0.378 e. The molecule has 1 aromatic rings. The number of carbonyl (C=O) groups is 1. The highest BCUT2D eigenvalue weighted by Crippen LogP contribution is 2.42. The van der Waals surface area contributed by atoms with E-state index >= 15 is 0 Å². The monoisotopic (exact) mass is 255 g/mol. The van der Waals surface area contributed by atoms with Crippen LogP contribution in [0, 0.1) is 5.41 Å². The number of nitrogens with one attached hydrogen (secondary N) is 1. The fourth-order valence-corrected chi connectivity index (χ4v) is 2.53. The zero-order valence-electron chi connectivity index (χ0n) is 10.3. The molecule has 17 heavy (non-hydrogen) atoms. The summed E-state index contributed by atoms with van der Waals surface area (Å²) in [5, 5.41) is 6.67. The van der Waals surface area contributed by atoms with Gasteiger partial charge in [-0.2, -0.15) is 0 Å². The van der Waals surface area contributed by atoms with E-state index in [1.54, 1.807) is 0 Å². The third-order valence-electron chi connectivity index (χ3n) is 3.44. The Balaban J connectivity index is 1.92. The highest BCUT2D eigenvalue weighted by Gasteiger charge is 2.49. The highest BCUT2D eigenvalue weighted by atomic mass is 32.1. The SMILES string of the molecule is CCOC1CC(NC(=O)c2cnns2)C1(C)C. The van der Waals surface area contributed by atoms with Crippen molar-refractivity contribution in [2.75, 3.05) is 6.61 Å². The number of hydrogen-bond acceptors (Lipinski definition) is 5. The third-order valence-corrected chi connectivity index (χ3v) is 4.10. The standard InChI is InChI=1S/C11H17N3O2S/c1-4-16-9-5-8(11(9,2)3)13-10(15)7-6-12-14-17-7/h6,8-9H,4-5H2,1-3H3,(H,13,15). The molecular weight excluding hydrogens is 238 g/mol. The van der Waals surface area contributed by atoms with Crippen molar-refractivity contribution < 1.29 is 9.53 Å². The van der Waals surface area contributed by atoms with Crippen LogP contribution < -0.4 is 5.32 Å². The Morgan fingerprint density at radius 1 is 1.71 bits per heavy atom. The molecule has 0 bridgehead atoms. The van der Waals surface area contributed by atoms with Gasteiger partial charge in [-0.05, 0) is 24.9 Å². The summed E-state index contributed by atoms with van der Waals surface area (Å²) >= 11 is 1.11. The van der Waals surface area contributed by atoms with Crippen molar-refractivity contribution >= 4 is 17.4 Å². The van der Waals surface area contributed by atoms with Crippen molar-refractivity contribution in [2.45, 2.75) is 39.3 Å². The quantitative estimate of drug-likeness (QED) is 0.885. The Kier molecular flexibility index (Phi) is 3.44. The van der Waals surface area contributed by atoms with Gasteiger partial charge in [-0.15, -0.1) is 5.10 Å². The van der Waals surface area contributed by atoms with E-state index in [9.17, 15) is 4.79 Å². The summed E-state index contributed by atoms with van der Waals surface area (Å²) in [5.41, 5.74) is -0.0101. The van der Waals surface area contributed by atoms with Crippen LogP contribution >= 0.6 is 11.5 Å². The Morgan fingerprint density at radius 3 is 3.00 bits per heavy atom. The first-order valence-corrected chi connectivity index (χ1v) is 6.53. The van der Waals surface area contributed by atoms with Gasteiger partial charge in [0.15, 0.2) is 0 Å².